The van der Waals surface area contributed by atoms with E-state index in [0.717, 1.165) is 42.5 Å². The second-order valence-corrected chi connectivity index (χ2v) is 8.74. The molecule has 0 saturated carbocycles. The number of rotatable bonds is 6. The fourth-order valence-corrected chi connectivity index (χ4v) is 4.80. The van der Waals surface area contributed by atoms with Gasteiger partial charge in [0.25, 0.3) is 10.0 Å². The van der Waals surface area contributed by atoms with Crippen LogP contribution in [0.1, 0.15) is 37.3 Å². The Morgan fingerprint density at radius 3 is 2.67 bits per heavy atom. The number of para-hydroxylation sites is 1. The Morgan fingerprint density at radius 1 is 1.22 bits per heavy atom. The molecule has 3 rings (SSSR count). The molecule has 1 aromatic carbocycles. The smallest absolute Gasteiger partial charge is 0.262 e. The van der Waals surface area contributed by atoms with Crippen molar-refractivity contribution in [1.29, 1.82) is 0 Å². The first-order valence-electron chi connectivity index (χ1n) is 9.32. The Morgan fingerprint density at radius 2 is 1.96 bits per heavy atom. The lowest BCUT2D eigenvalue weighted by Crippen LogP contribution is -2.35. The summed E-state index contributed by atoms with van der Waals surface area (Å²) in [5.74, 6) is -0.210. The molecule has 2 heterocycles. The van der Waals surface area contributed by atoms with E-state index in [2.05, 4.69) is 10.3 Å². The van der Waals surface area contributed by atoms with Crippen LogP contribution >= 0.6 is 0 Å². The molecule has 0 spiro atoms. The number of carbonyl (C=O) groups is 1. The number of hydrogen-bond acceptors (Lipinski definition) is 4. The van der Waals surface area contributed by atoms with E-state index in [1.54, 1.807) is 0 Å². The second-order valence-electron chi connectivity index (χ2n) is 6.86. The van der Waals surface area contributed by atoms with Gasteiger partial charge in [-0.3, -0.25) is 4.79 Å². The van der Waals surface area contributed by atoms with Gasteiger partial charge in [0.15, 0.2) is 5.03 Å². The van der Waals surface area contributed by atoms with Crippen LogP contribution in [-0.2, 0) is 27.8 Å². The number of amides is 1. The van der Waals surface area contributed by atoms with Crippen LogP contribution in [0.15, 0.2) is 35.7 Å². The van der Waals surface area contributed by atoms with Crippen molar-refractivity contribution in [3.63, 3.8) is 0 Å². The van der Waals surface area contributed by atoms with Crippen LogP contribution in [-0.4, -0.2) is 41.3 Å². The van der Waals surface area contributed by atoms with Gasteiger partial charge in [0.05, 0.1) is 6.33 Å². The van der Waals surface area contributed by atoms with Gasteiger partial charge in [-0.1, -0.05) is 31.5 Å². The highest BCUT2D eigenvalue weighted by Gasteiger charge is 2.28. The molecule has 1 N–H and O–H groups in total. The highest BCUT2D eigenvalue weighted by Crippen LogP contribution is 2.22. The maximum atomic E-state index is 12.7. The largest absolute Gasteiger partial charge is 0.327 e. The molecule has 146 valence electrons. The normalized spacial score (nSPS) is 15.6. The van der Waals surface area contributed by atoms with E-state index in [-0.39, 0.29) is 17.5 Å². The standard InChI is InChI=1S/C19H26N4O3S/c1-3-16-9-7-8-15(2)19(16)21-17(24)12-22-13-18(20-14-22)27(25,26)23-10-5-4-6-11-23/h7-9,13-14H,3-6,10-12H2,1-2H3,(H,21,24). The molecule has 0 aliphatic carbocycles. The molecular weight excluding hydrogens is 364 g/mol. The Hall–Kier alpha value is -2.19. The number of nitrogens with one attached hydrogen (secondary N) is 1. The summed E-state index contributed by atoms with van der Waals surface area (Å²) in [6, 6.07) is 5.91. The van der Waals surface area contributed by atoms with E-state index in [1.807, 2.05) is 32.0 Å². The zero-order valence-electron chi connectivity index (χ0n) is 15.8. The lowest BCUT2D eigenvalue weighted by atomic mass is 10.1. The summed E-state index contributed by atoms with van der Waals surface area (Å²) in [5.41, 5.74) is 2.90. The van der Waals surface area contributed by atoms with Crippen LogP contribution in [0.5, 0.6) is 0 Å². The third-order valence-electron chi connectivity index (χ3n) is 4.86. The van der Waals surface area contributed by atoms with E-state index >= 15 is 0 Å². The average Bonchev–Trinajstić information content (AvgIpc) is 3.13. The number of benzene rings is 1. The summed E-state index contributed by atoms with van der Waals surface area (Å²) in [7, 11) is -3.58. The Kier molecular flexibility index (Phi) is 5.96. The molecule has 27 heavy (non-hydrogen) atoms. The topological polar surface area (TPSA) is 84.3 Å². The number of aryl methyl sites for hydroxylation is 2. The van der Waals surface area contributed by atoms with Crippen molar-refractivity contribution < 1.29 is 13.2 Å². The van der Waals surface area contributed by atoms with Crippen LogP contribution in [0.2, 0.25) is 0 Å². The van der Waals surface area contributed by atoms with Crippen LogP contribution in [0.4, 0.5) is 5.69 Å². The predicted octanol–water partition coefficient (Wildman–Crippen LogP) is 2.57. The first-order chi connectivity index (χ1) is 12.9. The summed E-state index contributed by atoms with van der Waals surface area (Å²) in [4.78, 5) is 16.5. The van der Waals surface area contributed by atoms with Crippen molar-refractivity contribution in [2.75, 3.05) is 18.4 Å². The van der Waals surface area contributed by atoms with Crippen molar-refractivity contribution in [3.05, 3.63) is 41.9 Å². The number of carbonyl (C=O) groups excluding carboxylic acids is 1. The number of nitrogens with zero attached hydrogens (tertiary/aromatic N) is 3. The van der Waals surface area contributed by atoms with Crippen LogP contribution < -0.4 is 5.32 Å². The summed E-state index contributed by atoms with van der Waals surface area (Å²) in [5, 5.41) is 2.94. The quantitative estimate of drug-likeness (QED) is 0.822. The van der Waals surface area contributed by atoms with Crippen molar-refractivity contribution in [2.45, 2.75) is 51.1 Å². The molecule has 0 bridgehead atoms. The molecule has 7 nitrogen and oxygen atoms in total. The highest BCUT2D eigenvalue weighted by atomic mass is 32.2. The number of hydrogen-bond donors (Lipinski definition) is 1. The Bertz CT molecular complexity index is 915. The summed E-state index contributed by atoms with van der Waals surface area (Å²) < 4.78 is 28.3. The fourth-order valence-electron chi connectivity index (χ4n) is 3.34. The van der Waals surface area contributed by atoms with Gasteiger partial charge >= 0.3 is 0 Å². The minimum Gasteiger partial charge on any atom is -0.327 e. The molecule has 2 aromatic rings. The molecule has 0 unspecified atom stereocenters. The SMILES string of the molecule is CCc1cccc(C)c1NC(=O)Cn1cnc(S(=O)(=O)N2CCCCC2)c1. The average molecular weight is 391 g/mol. The fraction of sp³-hybridized carbons (Fsp3) is 0.474. The second kappa shape index (κ2) is 8.22. The van der Waals surface area contributed by atoms with Crippen molar-refractivity contribution >= 4 is 21.6 Å². The summed E-state index contributed by atoms with van der Waals surface area (Å²) >= 11 is 0. The molecule has 1 amide bonds. The molecule has 1 aromatic heterocycles. The zero-order chi connectivity index (χ0) is 19.4. The Labute approximate surface area is 160 Å². The van der Waals surface area contributed by atoms with Gasteiger partial charge in [0.1, 0.15) is 6.54 Å². The first-order valence-corrected chi connectivity index (χ1v) is 10.8. The number of piperidine rings is 1. The van der Waals surface area contributed by atoms with Crippen molar-refractivity contribution in [2.24, 2.45) is 0 Å². The van der Waals surface area contributed by atoms with Crippen LogP contribution in [0, 0.1) is 6.92 Å². The first kappa shape index (κ1) is 19.6. The zero-order valence-corrected chi connectivity index (χ0v) is 16.6. The number of imidazole rings is 1. The molecule has 0 atom stereocenters. The molecule has 1 fully saturated rings. The van der Waals surface area contributed by atoms with E-state index in [4.69, 9.17) is 0 Å². The molecule has 1 aliphatic rings. The Balaban J connectivity index is 1.70. The van der Waals surface area contributed by atoms with Gasteiger partial charge in [0.2, 0.25) is 5.91 Å². The molecular formula is C19H26N4O3S. The number of sulfonamides is 1. The van der Waals surface area contributed by atoms with Gasteiger partial charge in [0, 0.05) is 25.0 Å². The van der Waals surface area contributed by atoms with E-state index in [9.17, 15) is 13.2 Å². The van der Waals surface area contributed by atoms with Crippen molar-refractivity contribution in [1.82, 2.24) is 13.9 Å². The van der Waals surface area contributed by atoms with Crippen LogP contribution in [0.25, 0.3) is 0 Å². The predicted molar refractivity (Wildman–Crippen MR) is 104 cm³/mol. The molecule has 0 radical (unpaired) electrons. The van der Waals surface area contributed by atoms with E-state index in [1.165, 1.54) is 21.4 Å². The minimum absolute atomic E-state index is 0.00217. The molecule has 1 aliphatic heterocycles. The third kappa shape index (κ3) is 4.39. The molecule has 1 saturated heterocycles. The van der Waals surface area contributed by atoms with Crippen molar-refractivity contribution in [3.8, 4) is 0 Å². The van der Waals surface area contributed by atoms with Gasteiger partial charge in [-0.15, -0.1) is 0 Å². The number of aromatic nitrogens is 2. The maximum Gasteiger partial charge on any atom is 0.262 e. The minimum atomic E-state index is -3.58. The van der Waals surface area contributed by atoms with Gasteiger partial charge < -0.3 is 9.88 Å². The van der Waals surface area contributed by atoms with E-state index in [0.29, 0.717) is 13.1 Å². The van der Waals surface area contributed by atoms with E-state index < -0.39 is 10.0 Å². The summed E-state index contributed by atoms with van der Waals surface area (Å²) in [6.45, 7) is 5.07. The summed E-state index contributed by atoms with van der Waals surface area (Å²) in [6.07, 6.45) is 6.45. The highest BCUT2D eigenvalue weighted by molar-refractivity contribution is 7.89. The lowest BCUT2D eigenvalue weighted by Gasteiger charge is -2.24. The third-order valence-corrected chi connectivity index (χ3v) is 6.64. The molecule has 8 heteroatoms. The van der Waals surface area contributed by atoms with Gasteiger partial charge in [-0.25, -0.2) is 13.4 Å². The monoisotopic (exact) mass is 390 g/mol. The van der Waals surface area contributed by atoms with Crippen LogP contribution in [0.3, 0.4) is 0 Å². The van der Waals surface area contributed by atoms with Gasteiger partial charge in [-0.05, 0) is 37.3 Å². The lowest BCUT2D eigenvalue weighted by molar-refractivity contribution is -0.116. The number of anilines is 1. The van der Waals surface area contributed by atoms with Gasteiger partial charge in [-0.2, -0.15) is 4.31 Å². The maximum absolute atomic E-state index is 12.7.